The number of rotatable bonds is 13. The number of fused-ring (bicyclic) bond motifs is 2. The van der Waals surface area contributed by atoms with E-state index in [-0.39, 0.29) is 24.3 Å². The number of hydrogen-bond acceptors (Lipinski definition) is 18. The number of aromatic nitrogens is 8. The molecule has 0 bridgehead atoms. The van der Waals surface area contributed by atoms with Crippen molar-refractivity contribution in [2.24, 2.45) is 0 Å². The van der Waals surface area contributed by atoms with E-state index in [0.717, 1.165) is 105 Å². The summed E-state index contributed by atoms with van der Waals surface area (Å²) < 4.78 is 31.0. The van der Waals surface area contributed by atoms with Crippen molar-refractivity contribution in [3.63, 3.8) is 0 Å². The zero-order valence-corrected chi connectivity index (χ0v) is 38.2. The second-order valence-electron chi connectivity index (χ2n) is 18.3. The van der Waals surface area contributed by atoms with E-state index in [9.17, 15) is 5.11 Å². The van der Waals surface area contributed by atoms with E-state index in [1.165, 1.54) is 5.57 Å². The molecule has 18 heteroatoms. The molecule has 2 aromatic carbocycles. The van der Waals surface area contributed by atoms with Gasteiger partial charge in [0.25, 0.3) is 0 Å². The second kappa shape index (κ2) is 20.5. The van der Waals surface area contributed by atoms with Gasteiger partial charge in [-0.1, -0.05) is 6.08 Å². The lowest BCUT2D eigenvalue weighted by atomic mass is 9.93. The molecule has 0 amide bonds. The normalized spacial score (nSPS) is 24.0. The van der Waals surface area contributed by atoms with Crippen molar-refractivity contribution >= 4 is 50.9 Å². The standard InChI is InChI=1S/C50H58N12O6/c63-48(45-31-62(18-23-66-45)37-25-40-46(52-15-14-51-40)43(27-37)67-38-6-2-34(3-7-38)58-49-53-12-1-13-54-49)42-30-55-41-24-36(61-16-21-65-22-17-61)26-44(47(41)60-42)68-39-8-4-35(5-9-39)59-50-56-28-33(29-57-50)32-10-19-64-20-11-32/h1,10,12-15,24-30,34-35,38-39,45,48,63H,2-9,11,16-23,31H2,(H,53,54,58)(H,56,57,59)/t34-,35-,38+,39+,45-,48?/m0/s1. The molecular weight excluding hydrogens is 865 g/mol. The van der Waals surface area contributed by atoms with Crippen LogP contribution in [0, 0.1) is 0 Å². The Morgan fingerprint density at radius 2 is 1.25 bits per heavy atom. The molecule has 3 N–H and O–H groups in total. The monoisotopic (exact) mass is 922 g/mol. The first-order valence-electron chi connectivity index (χ1n) is 24.2. The van der Waals surface area contributed by atoms with Crippen molar-refractivity contribution < 1.29 is 28.8 Å². The Balaban J connectivity index is 0.773. The summed E-state index contributed by atoms with van der Waals surface area (Å²) in [5.74, 6) is 2.66. The molecule has 5 aliphatic rings. The highest BCUT2D eigenvalue weighted by Crippen LogP contribution is 2.37. The average Bonchev–Trinajstić information content (AvgIpc) is 3.40. The molecule has 4 fully saturated rings. The number of nitrogens with zero attached hydrogens (tertiary/aromatic N) is 10. The molecule has 4 aromatic heterocycles. The molecule has 0 spiro atoms. The fraction of sp³-hybridized carbons (Fsp3) is 0.480. The van der Waals surface area contributed by atoms with Crippen molar-refractivity contribution in [1.29, 1.82) is 0 Å². The molecular formula is C50H58N12O6. The van der Waals surface area contributed by atoms with Gasteiger partial charge in [0.15, 0.2) is 0 Å². The van der Waals surface area contributed by atoms with Gasteiger partial charge in [-0.15, -0.1) is 0 Å². The van der Waals surface area contributed by atoms with Crippen LogP contribution in [0.3, 0.4) is 0 Å². The van der Waals surface area contributed by atoms with Crippen LogP contribution in [0.15, 0.2) is 79.8 Å². The third-order valence-electron chi connectivity index (χ3n) is 13.8. The SMILES string of the molecule is OC(c1cnc2cc(N3CCOCC3)cc(O[C@H]3CC[C@@H](Nc4ncc(C5=CCOCC5)cn4)CC3)c2n1)[C@@H]1CN(c2cc(O[C@H]3CC[C@@H](Nc4ncccn4)CC3)c3nccnc3c2)CCO1. The minimum absolute atomic E-state index is 0.0205. The summed E-state index contributed by atoms with van der Waals surface area (Å²) in [4.78, 5) is 41.8. The van der Waals surface area contributed by atoms with E-state index >= 15 is 0 Å². The minimum atomic E-state index is -1.05. The van der Waals surface area contributed by atoms with Crippen molar-refractivity contribution in [2.75, 3.05) is 79.6 Å². The van der Waals surface area contributed by atoms with Gasteiger partial charge in [0.2, 0.25) is 11.9 Å². The molecule has 2 saturated heterocycles. The maximum absolute atomic E-state index is 12.0. The number of aliphatic hydroxyl groups excluding tert-OH is 1. The van der Waals surface area contributed by atoms with Crippen LogP contribution in [0.5, 0.6) is 11.5 Å². The fourth-order valence-electron chi connectivity index (χ4n) is 10.0. The molecule has 2 atom stereocenters. The summed E-state index contributed by atoms with van der Waals surface area (Å²) in [5.41, 5.74) is 7.46. The summed E-state index contributed by atoms with van der Waals surface area (Å²) in [6.07, 6.45) is 20.9. The van der Waals surface area contributed by atoms with E-state index in [4.69, 9.17) is 33.7 Å². The summed E-state index contributed by atoms with van der Waals surface area (Å²) >= 11 is 0. The number of aliphatic hydroxyl groups is 1. The van der Waals surface area contributed by atoms with Crippen LogP contribution < -0.4 is 29.9 Å². The lowest BCUT2D eigenvalue weighted by Crippen LogP contribution is -2.45. The predicted octanol–water partition coefficient (Wildman–Crippen LogP) is 6.34. The maximum Gasteiger partial charge on any atom is 0.222 e. The third kappa shape index (κ3) is 10.2. The van der Waals surface area contributed by atoms with Gasteiger partial charge < -0.3 is 49.2 Å². The predicted molar refractivity (Wildman–Crippen MR) is 257 cm³/mol. The highest BCUT2D eigenvalue weighted by Gasteiger charge is 2.32. The van der Waals surface area contributed by atoms with Crippen molar-refractivity contribution in [1.82, 2.24) is 39.9 Å². The van der Waals surface area contributed by atoms with Crippen LogP contribution in [-0.2, 0) is 14.2 Å². The number of ether oxygens (including phenoxy) is 5. The van der Waals surface area contributed by atoms with E-state index < -0.39 is 12.2 Å². The summed E-state index contributed by atoms with van der Waals surface area (Å²) in [6.45, 7) is 5.69. The van der Waals surface area contributed by atoms with Gasteiger partial charge in [0.1, 0.15) is 34.7 Å². The van der Waals surface area contributed by atoms with Crippen LogP contribution in [-0.4, -0.2) is 135 Å². The summed E-state index contributed by atoms with van der Waals surface area (Å²) in [7, 11) is 0. The molecule has 7 heterocycles. The van der Waals surface area contributed by atoms with E-state index in [0.29, 0.717) is 79.6 Å². The maximum atomic E-state index is 12.0. The topological polar surface area (TPSA) is 200 Å². The quantitative estimate of drug-likeness (QED) is 0.116. The molecule has 0 radical (unpaired) electrons. The number of benzene rings is 2. The van der Waals surface area contributed by atoms with Crippen LogP contribution in [0.2, 0.25) is 0 Å². The molecule has 3 aliphatic heterocycles. The minimum Gasteiger partial charge on any atom is -0.488 e. The molecule has 68 heavy (non-hydrogen) atoms. The van der Waals surface area contributed by atoms with Gasteiger partial charge in [-0.25, -0.2) is 29.9 Å². The number of nitrogens with one attached hydrogen (secondary N) is 2. The summed E-state index contributed by atoms with van der Waals surface area (Å²) in [6, 6.07) is 10.6. The number of hydrogen-bond donors (Lipinski definition) is 3. The smallest absolute Gasteiger partial charge is 0.222 e. The second-order valence-corrected chi connectivity index (χ2v) is 18.3. The highest BCUT2D eigenvalue weighted by atomic mass is 16.5. The summed E-state index contributed by atoms with van der Waals surface area (Å²) in [5, 5.41) is 19.0. The first kappa shape index (κ1) is 44.2. The van der Waals surface area contributed by atoms with Gasteiger partial charge >= 0.3 is 0 Å². The fourth-order valence-corrected chi connectivity index (χ4v) is 10.0. The zero-order valence-electron chi connectivity index (χ0n) is 38.2. The Morgan fingerprint density at radius 1 is 0.618 bits per heavy atom. The van der Waals surface area contributed by atoms with Crippen molar-refractivity contribution in [2.45, 2.75) is 94.3 Å². The van der Waals surface area contributed by atoms with Gasteiger partial charge in [-0.2, -0.15) is 0 Å². The molecule has 1 unspecified atom stereocenters. The van der Waals surface area contributed by atoms with Crippen molar-refractivity contribution in [3.05, 3.63) is 91.0 Å². The van der Waals surface area contributed by atoms with Crippen LogP contribution >= 0.6 is 0 Å². The van der Waals surface area contributed by atoms with E-state index in [1.807, 2.05) is 24.5 Å². The van der Waals surface area contributed by atoms with E-state index in [2.05, 4.69) is 74.6 Å². The van der Waals surface area contributed by atoms with Gasteiger partial charge in [-0.05, 0) is 81.6 Å². The Kier molecular flexibility index (Phi) is 13.3. The first-order chi connectivity index (χ1) is 33.5. The van der Waals surface area contributed by atoms with Crippen LogP contribution in [0.1, 0.15) is 75.1 Å². The Bertz CT molecular complexity index is 2680. The lowest BCUT2D eigenvalue weighted by molar-refractivity contribution is -0.0474. The van der Waals surface area contributed by atoms with Crippen molar-refractivity contribution in [3.8, 4) is 11.5 Å². The molecule has 18 nitrogen and oxygen atoms in total. The number of anilines is 4. The van der Waals surface area contributed by atoms with Gasteiger partial charge in [-0.3, -0.25) is 9.97 Å². The Hall–Kier alpha value is -6.34. The lowest BCUT2D eigenvalue weighted by Gasteiger charge is -2.37. The van der Waals surface area contributed by atoms with Crippen LogP contribution in [0.4, 0.5) is 23.3 Å². The van der Waals surface area contributed by atoms with Gasteiger partial charge in [0.05, 0.1) is 68.2 Å². The largest absolute Gasteiger partial charge is 0.488 e. The third-order valence-corrected chi connectivity index (χ3v) is 13.8. The first-order valence-corrected chi connectivity index (χ1v) is 24.2. The molecule has 354 valence electrons. The molecule has 6 aromatic rings. The van der Waals surface area contributed by atoms with E-state index in [1.54, 1.807) is 31.0 Å². The highest BCUT2D eigenvalue weighted by molar-refractivity contribution is 5.86. The van der Waals surface area contributed by atoms with Crippen LogP contribution in [0.25, 0.3) is 27.6 Å². The molecule has 2 aliphatic carbocycles. The average molecular weight is 923 g/mol. The molecule has 2 saturated carbocycles. The zero-order chi connectivity index (χ0) is 45.7. The Labute approximate surface area is 394 Å². The molecule has 11 rings (SSSR count). The number of morpholine rings is 2. The Morgan fingerprint density at radius 3 is 1.94 bits per heavy atom. The van der Waals surface area contributed by atoms with Gasteiger partial charge in [0, 0.05) is 105 Å².